The fraction of sp³-hybridized carbons (Fsp3) is 0.800. The van der Waals surface area contributed by atoms with E-state index in [2.05, 4.69) is 20.8 Å². The van der Waals surface area contributed by atoms with Gasteiger partial charge in [-0.2, -0.15) is 0 Å². The monoisotopic (exact) mass is 266 g/mol. The van der Waals surface area contributed by atoms with E-state index >= 15 is 0 Å². The van der Waals surface area contributed by atoms with Crippen LogP contribution in [0.5, 0.6) is 0 Å². The number of thiazole rings is 1. The van der Waals surface area contributed by atoms with Gasteiger partial charge >= 0.3 is 0 Å². The van der Waals surface area contributed by atoms with E-state index in [1.165, 1.54) is 43.5 Å². The van der Waals surface area contributed by atoms with E-state index < -0.39 is 0 Å². The van der Waals surface area contributed by atoms with E-state index in [9.17, 15) is 0 Å². The largest absolute Gasteiger partial charge is 0.389 e. The first-order chi connectivity index (χ1) is 8.58. The van der Waals surface area contributed by atoms with Gasteiger partial charge in [-0.15, -0.1) is 11.3 Å². The topological polar surface area (TPSA) is 38.9 Å². The van der Waals surface area contributed by atoms with Gasteiger partial charge in [-0.1, -0.05) is 40.0 Å². The normalized spacial score (nSPS) is 19.3. The van der Waals surface area contributed by atoms with Crippen molar-refractivity contribution >= 4 is 16.3 Å². The van der Waals surface area contributed by atoms with Crippen molar-refractivity contribution in [2.75, 3.05) is 5.73 Å². The number of nitrogens with two attached hydrogens (primary N) is 1. The smallest absolute Gasteiger partial charge is 0.110 e. The molecule has 1 heterocycles. The summed E-state index contributed by atoms with van der Waals surface area (Å²) in [5.74, 6) is 1.89. The summed E-state index contributed by atoms with van der Waals surface area (Å²) in [6.07, 6.45) is 7.92. The van der Waals surface area contributed by atoms with Crippen LogP contribution in [0.15, 0.2) is 0 Å². The summed E-state index contributed by atoms with van der Waals surface area (Å²) >= 11 is 1.74. The molecule has 1 aromatic heterocycles. The summed E-state index contributed by atoms with van der Waals surface area (Å²) in [5.41, 5.74) is 7.34. The molecule has 1 aliphatic carbocycles. The molecular weight excluding hydrogens is 240 g/mol. The van der Waals surface area contributed by atoms with Crippen LogP contribution in [-0.4, -0.2) is 4.98 Å². The molecule has 1 aliphatic rings. The Kier molecular flexibility index (Phi) is 4.66. The van der Waals surface area contributed by atoms with Gasteiger partial charge in [0.05, 0.1) is 10.7 Å². The molecule has 2 N–H and O–H groups in total. The van der Waals surface area contributed by atoms with Crippen LogP contribution < -0.4 is 5.73 Å². The number of nitrogen functional groups attached to an aromatic ring is 1. The van der Waals surface area contributed by atoms with Crippen LogP contribution in [-0.2, 0) is 0 Å². The van der Waals surface area contributed by atoms with Crippen LogP contribution >= 0.6 is 11.3 Å². The first kappa shape index (κ1) is 13.9. The zero-order valence-electron chi connectivity index (χ0n) is 11.9. The maximum absolute atomic E-state index is 6.18. The molecule has 0 aliphatic heterocycles. The zero-order valence-corrected chi connectivity index (χ0v) is 12.7. The standard InChI is InChI=1S/C15H26N2S/c1-10(2)9-11(3)13-14(16)18-15(17-13)12-7-5-4-6-8-12/h10-12H,4-9,16H2,1-3H3. The summed E-state index contributed by atoms with van der Waals surface area (Å²) in [4.78, 5) is 4.88. The third-order valence-electron chi connectivity index (χ3n) is 3.94. The Morgan fingerprint density at radius 3 is 2.50 bits per heavy atom. The van der Waals surface area contributed by atoms with E-state index in [0.29, 0.717) is 17.8 Å². The molecule has 0 aromatic carbocycles. The zero-order chi connectivity index (χ0) is 13.1. The quantitative estimate of drug-likeness (QED) is 0.840. The second-order valence-corrected chi connectivity index (χ2v) is 7.23. The van der Waals surface area contributed by atoms with E-state index in [1.807, 2.05) is 0 Å². The van der Waals surface area contributed by atoms with Gasteiger partial charge < -0.3 is 5.73 Å². The first-order valence-corrected chi connectivity index (χ1v) is 8.15. The highest BCUT2D eigenvalue weighted by Gasteiger charge is 2.22. The molecule has 1 unspecified atom stereocenters. The number of aromatic nitrogens is 1. The molecule has 0 amide bonds. The summed E-state index contributed by atoms with van der Waals surface area (Å²) in [5, 5.41) is 2.27. The van der Waals surface area contributed by atoms with Crippen molar-refractivity contribution in [3.05, 3.63) is 10.7 Å². The Morgan fingerprint density at radius 2 is 1.89 bits per heavy atom. The van der Waals surface area contributed by atoms with Crippen LogP contribution in [0.3, 0.4) is 0 Å². The highest BCUT2D eigenvalue weighted by molar-refractivity contribution is 7.15. The molecule has 3 heteroatoms. The van der Waals surface area contributed by atoms with Gasteiger partial charge in [0.15, 0.2) is 0 Å². The van der Waals surface area contributed by atoms with Crippen LogP contribution in [0.4, 0.5) is 5.00 Å². The fourth-order valence-electron chi connectivity index (χ4n) is 3.06. The highest BCUT2D eigenvalue weighted by Crippen LogP contribution is 2.39. The maximum atomic E-state index is 6.18. The van der Waals surface area contributed by atoms with Gasteiger partial charge in [-0.05, 0) is 25.2 Å². The molecule has 0 spiro atoms. The molecule has 1 atom stereocenters. The summed E-state index contributed by atoms with van der Waals surface area (Å²) in [6.45, 7) is 6.79. The third-order valence-corrected chi connectivity index (χ3v) is 5.01. The second kappa shape index (κ2) is 6.05. The Morgan fingerprint density at radius 1 is 1.22 bits per heavy atom. The molecule has 1 aromatic rings. The number of hydrogen-bond acceptors (Lipinski definition) is 3. The molecule has 2 rings (SSSR count). The van der Waals surface area contributed by atoms with Gasteiger partial charge in [0.25, 0.3) is 0 Å². The van der Waals surface area contributed by atoms with E-state index in [-0.39, 0.29) is 0 Å². The predicted molar refractivity (Wildman–Crippen MR) is 80.2 cm³/mol. The lowest BCUT2D eigenvalue weighted by atomic mass is 9.90. The lowest BCUT2D eigenvalue weighted by Gasteiger charge is -2.19. The average molecular weight is 266 g/mol. The lowest BCUT2D eigenvalue weighted by Crippen LogP contribution is -2.05. The molecule has 2 nitrogen and oxygen atoms in total. The summed E-state index contributed by atoms with van der Waals surface area (Å²) < 4.78 is 0. The Hall–Kier alpha value is -0.570. The SMILES string of the molecule is CC(C)CC(C)c1nc(C2CCCCC2)sc1N. The first-order valence-electron chi connectivity index (χ1n) is 7.34. The van der Waals surface area contributed by atoms with Crippen LogP contribution in [0, 0.1) is 5.92 Å². The Labute approximate surface area is 115 Å². The molecular formula is C15H26N2S. The molecule has 102 valence electrons. The molecule has 1 saturated carbocycles. The van der Waals surface area contributed by atoms with Gasteiger partial charge in [0.2, 0.25) is 0 Å². The van der Waals surface area contributed by atoms with E-state index in [0.717, 1.165) is 10.7 Å². The molecule has 18 heavy (non-hydrogen) atoms. The predicted octanol–water partition coefficient (Wildman–Crippen LogP) is 4.92. The second-order valence-electron chi connectivity index (χ2n) is 6.17. The van der Waals surface area contributed by atoms with Crippen LogP contribution in [0.1, 0.15) is 81.8 Å². The van der Waals surface area contributed by atoms with Crippen molar-refractivity contribution in [2.24, 2.45) is 5.92 Å². The number of nitrogens with zero attached hydrogens (tertiary/aromatic N) is 1. The molecule has 0 radical (unpaired) electrons. The van der Waals surface area contributed by atoms with Crippen LogP contribution in [0.2, 0.25) is 0 Å². The minimum absolute atomic E-state index is 0.499. The average Bonchev–Trinajstić information content (AvgIpc) is 2.72. The number of anilines is 1. The fourth-order valence-corrected chi connectivity index (χ4v) is 4.18. The molecule has 1 fully saturated rings. The third kappa shape index (κ3) is 3.25. The van der Waals surface area contributed by atoms with Gasteiger partial charge in [0.1, 0.15) is 5.00 Å². The van der Waals surface area contributed by atoms with Crippen molar-refractivity contribution in [1.82, 2.24) is 4.98 Å². The lowest BCUT2D eigenvalue weighted by molar-refractivity contribution is 0.440. The van der Waals surface area contributed by atoms with Crippen molar-refractivity contribution in [3.8, 4) is 0 Å². The molecule has 0 saturated heterocycles. The number of hydrogen-bond donors (Lipinski definition) is 1. The molecule has 0 bridgehead atoms. The van der Waals surface area contributed by atoms with Gasteiger partial charge in [0, 0.05) is 11.8 Å². The minimum atomic E-state index is 0.499. The minimum Gasteiger partial charge on any atom is -0.389 e. The Bertz CT molecular complexity index is 378. The maximum Gasteiger partial charge on any atom is 0.110 e. The van der Waals surface area contributed by atoms with Crippen molar-refractivity contribution in [3.63, 3.8) is 0 Å². The Balaban J connectivity index is 2.10. The van der Waals surface area contributed by atoms with E-state index in [4.69, 9.17) is 10.7 Å². The summed E-state index contributed by atoms with van der Waals surface area (Å²) in [7, 11) is 0. The number of rotatable bonds is 4. The highest BCUT2D eigenvalue weighted by atomic mass is 32.1. The van der Waals surface area contributed by atoms with Gasteiger partial charge in [-0.25, -0.2) is 4.98 Å². The summed E-state index contributed by atoms with van der Waals surface area (Å²) in [6, 6.07) is 0. The van der Waals surface area contributed by atoms with E-state index in [1.54, 1.807) is 11.3 Å². The van der Waals surface area contributed by atoms with Crippen molar-refractivity contribution in [2.45, 2.75) is 71.1 Å². The van der Waals surface area contributed by atoms with Crippen molar-refractivity contribution in [1.29, 1.82) is 0 Å². The van der Waals surface area contributed by atoms with Crippen LogP contribution in [0.25, 0.3) is 0 Å². The van der Waals surface area contributed by atoms with Gasteiger partial charge in [-0.3, -0.25) is 0 Å². The van der Waals surface area contributed by atoms with Crippen molar-refractivity contribution < 1.29 is 0 Å².